The summed E-state index contributed by atoms with van der Waals surface area (Å²) >= 11 is 0. The highest BCUT2D eigenvalue weighted by atomic mass is 32.2. The quantitative estimate of drug-likeness (QED) is 0.0469. The van der Waals surface area contributed by atoms with Gasteiger partial charge in [-0.1, -0.05) is 200 Å². The Morgan fingerprint density at radius 2 is 0.875 bits per heavy atom. The summed E-state index contributed by atoms with van der Waals surface area (Å²) in [5.41, 5.74) is 14.1. The predicted octanol–water partition coefficient (Wildman–Crippen LogP) is 18.0. The van der Waals surface area contributed by atoms with E-state index in [0.29, 0.717) is 0 Å². The van der Waals surface area contributed by atoms with Crippen LogP contribution < -0.4 is 4.90 Å². The van der Waals surface area contributed by atoms with Crippen LogP contribution in [0.1, 0.15) is 193 Å². The number of benzene rings is 5. The fraction of sp³-hybridized carbons (Fsp3) is 0.492. The van der Waals surface area contributed by atoms with Crippen LogP contribution in [-0.2, 0) is 26.4 Å². The Balaban J connectivity index is 1.41. The molecule has 1 aliphatic carbocycles. The molecule has 1 N–H and O–H groups in total. The highest BCUT2D eigenvalue weighted by Gasteiger charge is 2.43. The zero-order chi connectivity index (χ0) is 46.0. The molecule has 6 rings (SSSR count). The first-order valence-electron chi connectivity index (χ1n) is 25.1. The minimum atomic E-state index is -4.32. The van der Waals surface area contributed by atoms with E-state index in [1.165, 1.54) is 154 Å². The summed E-state index contributed by atoms with van der Waals surface area (Å²) in [7, 11) is -4.32. The summed E-state index contributed by atoms with van der Waals surface area (Å²) < 4.78 is 33.8. The molecule has 0 spiro atoms. The molecule has 0 fully saturated rings. The van der Waals surface area contributed by atoms with Gasteiger partial charge in [-0.25, -0.2) is 0 Å². The van der Waals surface area contributed by atoms with Crippen LogP contribution in [0.15, 0.2) is 114 Å². The Bertz CT molecular complexity index is 2340. The van der Waals surface area contributed by atoms with E-state index < -0.39 is 10.1 Å². The molecule has 0 heterocycles. The maximum Gasteiger partial charge on any atom is 0.294 e. The first-order chi connectivity index (χ1) is 30.7. The lowest BCUT2D eigenvalue weighted by molar-refractivity contribution is 0.396. The molecule has 5 heteroatoms. The van der Waals surface area contributed by atoms with Crippen LogP contribution in [0.2, 0.25) is 0 Å². The van der Waals surface area contributed by atoms with Crippen molar-refractivity contribution in [2.24, 2.45) is 0 Å². The average Bonchev–Trinajstić information content (AvgIpc) is 3.54. The number of unbranched alkanes of at least 4 members (excludes halogenated alkanes) is 10. The third-order valence-corrected chi connectivity index (χ3v) is 15.4. The largest absolute Gasteiger partial charge is 0.311 e. The van der Waals surface area contributed by atoms with Crippen molar-refractivity contribution in [3.63, 3.8) is 0 Å². The maximum atomic E-state index is 12.0. The molecule has 0 bridgehead atoms. The molecule has 0 amide bonds. The lowest BCUT2D eigenvalue weighted by Gasteiger charge is -2.34. The Morgan fingerprint density at radius 3 is 1.38 bits per heavy atom. The molecular formula is C59H79NO3S. The summed E-state index contributed by atoms with van der Waals surface area (Å²) in [5, 5.41) is 0. The Kier molecular flexibility index (Phi) is 16.8. The Hall–Kier alpha value is -4.19. The van der Waals surface area contributed by atoms with E-state index >= 15 is 0 Å². The van der Waals surface area contributed by atoms with Gasteiger partial charge in [-0.05, 0) is 136 Å². The fourth-order valence-electron chi connectivity index (χ4n) is 10.8. The van der Waals surface area contributed by atoms with Gasteiger partial charge >= 0.3 is 0 Å². The van der Waals surface area contributed by atoms with Gasteiger partial charge in [-0.3, -0.25) is 4.55 Å². The second-order valence-electron chi connectivity index (χ2n) is 20.3. The van der Waals surface area contributed by atoms with Crippen LogP contribution in [0.4, 0.5) is 17.1 Å². The fourth-order valence-corrected chi connectivity index (χ4v) is 11.3. The van der Waals surface area contributed by atoms with E-state index in [1.807, 2.05) is 0 Å². The average molecular weight is 882 g/mol. The van der Waals surface area contributed by atoms with Gasteiger partial charge in [0.25, 0.3) is 10.1 Å². The molecule has 0 aliphatic heterocycles. The molecule has 344 valence electrons. The number of rotatable bonds is 25. The first kappa shape index (κ1) is 49.2. The van der Waals surface area contributed by atoms with Crippen LogP contribution in [0, 0.1) is 0 Å². The van der Waals surface area contributed by atoms with Crippen molar-refractivity contribution in [1.29, 1.82) is 0 Å². The zero-order valence-corrected chi connectivity index (χ0v) is 41.6. The highest BCUT2D eigenvalue weighted by molar-refractivity contribution is 7.85. The van der Waals surface area contributed by atoms with Crippen molar-refractivity contribution >= 4 is 27.2 Å². The third kappa shape index (κ3) is 11.4. The summed E-state index contributed by atoms with van der Waals surface area (Å²) in [6.07, 6.45) is 22.5. The minimum Gasteiger partial charge on any atom is -0.311 e. The summed E-state index contributed by atoms with van der Waals surface area (Å²) in [5.74, 6) is 0. The van der Waals surface area contributed by atoms with Crippen LogP contribution in [0.5, 0.6) is 0 Å². The summed E-state index contributed by atoms with van der Waals surface area (Å²) in [4.78, 5) is 2.05. The zero-order valence-electron chi connectivity index (χ0n) is 40.7. The van der Waals surface area contributed by atoms with Crippen molar-refractivity contribution < 1.29 is 13.0 Å². The molecule has 0 atom stereocenters. The lowest BCUT2D eigenvalue weighted by Crippen LogP contribution is -2.27. The molecule has 0 unspecified atom stereocenters. The van der Waals surface area contributed by atoms with E-state index in [2.05, 4.69) is 145 Å². The van der Waals surface area contributed by atoms with Crippen molar-refractivity contribution in [3.05, 3.63) is 131 Å². The Labute approximate surface area is 389 Å². The first-order valence-corrected chi connectivity index (χ1v) is 26.5. The molecule has 0 aromatic heterocycles. The lowest BCUT2D eigenvalue weighted by atomic mass is 9.69. The van der Waals surface area contributed by atoms with E-state index in [-0.39, 0.29) is 21.1 Å². The molecule has 4 nitrogen and oxygen atoms in total. The Morgan fingerprint density at radius 1 is 0.469 bits per heavy atom. The number of hydrogen-bond donors (Lipinski definition) is 1. The van der Waals surface area contributed by atoms with E-state index in [9.17, 15) is 13.0 Å². The van der Waals surface area contributed by atoms with Gasteiger partial charge in [0.15, 0.2) is 0 Å². The predicted molar refractivity (Wildman–Crippen MR) is 274 cm³/mol. The van der Waals surface area contributed by atoms with Crippen LogP contribution in [-0.4, -0.2) is 13.0 Å². The van der Waals surface area contributed by atoms with Crippen molar-refractivity contribution in [1.82, 2.24) is 0 Å². The third-order valence-electron chi connectivity index (χ3n) is 14.6. The summed E-state index contributed by atoms with van der Waals surface area (Å²) in [6, 6.07) is 39.0. The molecule has 0 saturated carbocycles. The van der Waals surface area contributed by atoms with E-state index in [1.54, 1.807) is 17.7 Å². The molecule has 0 saturated heterocycles. The topological polar surface area (TPSA) is 57.6 Å². The van der Waals surface area contributed by atoms with Crippen LogP contribution in [0.3, 0.4) is 0 Å². The smallest absolute Gasteiger partial charge is 0.294 e. The van der Waals surface area contributed by atoms with Crippen molar-refractivity contribution in [2.75, 3.05) is 4.90 Å². The van der Waals surface area contributed by atoms with Gasteiger partial charge in [0, 0.05) is 22.5 Å². The number of hydrogen-bond acceptors (Lipinski definition) is 3. The van der Waals surface area contributed by atoms with Crippen LogP contribution >= 0.6 is 0 Å². The highest BCUT2D eigenvalue weighted by Crippen LogP contribution is 2.56. The van der Waals surface area contributed by atoms with Crippen molar-refractivity contribution in [3.8, 4) is 22.3 Å². The number of nitrogens with zero attached hydrogens (tertiary/aromatic N) is 1. The van der Waals surface area contributed by atoms with Gasteiger partial charge in [0.1, 0.15) is 0 Å². The molecule has 1 aliphatic rings. The molecule has 5 aromatic rings. The van der Waals surface area contributed by atoms with Crippen LogP contribution in [0.25, 0.3) is 22.3 Å². The van der Waals surface area contributed by atoms with Gasteiger partial charge in [0.05, 0.1) is 4.90 Å². The van der Waals surface area contributed by atoms with Gasteiger partial charge < -0.3 is 4.90 Å². The maximum absolute atomic E-state index is 12.0. The molecule has 5 aromatic carbocycles. The van der Waals surface area contributed by atoms with Gasteiger partial charge in [-0.2, -0.15) is 8.42 Å². The SMILES string of the molecule is CCCCCCCCC1(CCCCCCCC)c2cc(-c3ccc(N(c4ccc(C(C)(C)CCC)cc4)c4ccc(S(=O)(=O)O)cc4)cc3)ccc2-c2ccc(C(C)(C)CCC)cc21. The molecule has 0 radical (unpaired) electrons. The van der Waals surface area contributed by atoms with E-state index in [0.717, 1.165) is 29.9 Å². The molecular weight excluding hydrogens is 803 g/mol. The monoisotopic (exact) mass is 882 g/mol. The van der Waals surface area contributed by atoms with Gasteiger partial charge in [0.2, 0.25) is 0 Å². The normalized spacial score (nSPS) is 13.5. The molecule has 64 heavy (non-hydrogen) atoms. The van der Waals surface area contributed by atoms with Crippen molar-refractivity contribution in [2.45, 2.75) is 192 Å². The van der Waals surface area contributed by atoms with E-state index in [4.69, 9.17) is 0 Å². The summed E-state index contributed by atoms with van der Waals surface area (Å²) in [6.45, 7) is 18.6. The number of anilines is 3. The second kappa shape index (κ2) is 21.9. The van der Waals surface area contributed by atoms with Gasteiger partial charge in [-0.15, -0.1) is 0 Å². The minimum absolute atomic E-state index is 0.0166. The second-order valence-corrected chi connectivity index (χ2v) is 21.7. The standard InChI is InChI=1S/C59H79NO3S/c1-9-13-15-17-19-21-41-59(42-22-20-18-16-14-10-2)55-43-46(25-37-53(55)54-38-28-48(44-56(54)59)58(7,8)40-12-4)45-23-29-49(30-24-45)60(51-33-35-52(36-34-51)64(61,62)63)50-31-26-47(27-32-50)57(5,6)39-11-3/h23-38,43-44H,9-22,39-42H2,1-8H3,(H,61,62,63). The number of fused-ring (bicyclic) bond motifs is 3.